The number of carbonyl (C=O) groups excluding carboxylic acids is 1. The summed E-state index contributed by atoms with van der Waals surface area (Å²) in [6.07, 6.45) is 0. The molecule has 0 aliphatic rings. The number of nitrogens with zero attached hydrogens (tertiary/aromatic N) is 1. The zero-order valence-corrected chi connectivity index (χ0v) is 8.32. The van der Waals surface area contributed by atoms with Crippen molar-refractivity contribution in [3.8, 4) is 0 Å². The van der Waals surface area contributed by atoms with Gasteiger partial charge in [0.05, 0.1) is 0 Å². The molecule has 0 saturated carbocycles. The average Bonchev–Trinajstić information content (AvgIpc) is 2.00. The molecule has 0 aromatic rings. The minimum Gasteiger partial charge on any atom is -0.337 e. The second-order valence-corrected chi connectivity index (χ2v) is 3.05. The van der Waals surface area contributed by atoms with Crippen LogP contribution in [0.4, 0.5) is 4.79 Å². The monoisotopic (exact) mass is 193 g/mol. The number of halogens is 1. The van der Waals surface area contributed by atoms with E-state index in [2.05, 4.69) is 10.6 Å². The lowest BCUT2D eigenvalue weighted by Crippen LogP contribution is -2.39. The van der Waals surface area contributed by atoms with Crippen molar-refractivity contribution in [2.75, 3.05) is 39.6 Å². The van der Waals surface area contributed by atoms with Crippen molar-refractivity contribution in [1.82, 2.24) is 15.5 Å². The summed E-state index contributed by atoms with van der Waals surface area (Å²) in [6.45, 7) is 2.00. The Bertz CT molecular complexity index is 130. The number of amides is 2. The first kappa shape index (κ1) is 11.5. The zero-order chi connectivity index (χ0) is 9.40. The van der Waals surface area contributed by atoms with Crippen LogP contribution >= 0.6 is 11.6 Å². The van der Waals surface area contributed by atoms with Gasteiger partial charge in [0.15, 0.2) is 0 Å². The SMILES string of the molecule is CN(C)CCNC(=O)NCCCl. The van der Waals surface area contributed by atoms with Gasteiger partial charge in [-0.25, -0.2) is 4.79 Å². The molecule has 0 spiro atoms. The third-order valence-corrected chi connectivity index (χ3v) is 1.41. The van der Waals surface area contributed by atoms with E-state index in [1.165, 1.54) is 0 Å². The highest BCUT2D eigenvalue weighted by atomic mass is 35.5. The zero-order valence-electron chi connectivity index (χ0n) is 7.56. The Balaban J connectivity index is 3.20. The number of likely N-dealkylation sites (N-methyl/N-ethyl adjacent to an activating group) is 1. The maximum Gasteiger partial charge on any atom is 0.314 e. The third-order valence-electron chi connectivity index (χ3n) is 1.22. The Morgan fingerprint density at radius 3 is 2.42 bits per heavy atom. The van der Waals surface area contributed by atoms with Gasteiger partial charge in [-0.05, 0) is 14.1 Å². The van der Waals surface area contributed by atoms with Gasteiger partial charge in [-0.1, -0.05) is 0 Å². The normalized spacial score (nSPS) is 10.0. The summed E-state index contributed by atoms with van der Waals surface area (Å²) in [5, 5.41) is 5.30. The van der Waals surface area contributed by atoms with Gasteiger partial charge in [-0.15, -0.1) is 11.6 Å². The molecule has 0 bridgehead atoms. The van der Waals surface area contributed by atoms with E-state index in [0.717, 1.165) is 6.54 Å². The van der Waals surface area contributed by atoms with Crippen LogP contribution in [0.5, 0.6) is 0 Å². The van der Waals surface area contributed by atoms with Crippen molar-refractivity contribution in [2.45, 2.75) is 0 Å². The lowest BCUT2D eigenvalue weighted by atomic mass is 10.6. The van der Waals surface area contributed by atoms with E-state index in [1.807, 2.05) is 19.0 Å². The molecule has 0 radical (unpaired) electrons. The Hall–Kier alpha value is -0.480. The highest BCUT2D eigenvalue weighted by Crippen LogP contribution is 1.73. The van der Waals surface area contributed by atoms with Gasteiger partial charge in [0.25, 0.3) is 0 Å². The first-order chi connectivity index (χ1) is 5.66. The number of carbonyl (C=O) groups is 1. The Morgan fingerprint density at radius 2 is 1.92 bits per heavy atom. The molecule has 4 nitrogen and oxygen atoms in total. The summed E-state index contributed by atoms with van der Waals surface area (Å²) in [5.74, 6) is 0.446. The van der Waals surface area contributed by atoms with E-state index in [4.69, 9.17) is 11.6 Å². The predicted molar refractivity (Wildman–Crippen MR) is 50.7 cm³/mol. The molecule has 0 rings (SSSR count). The fraction of sp³-hybridized carbons (Fsp3) is 0.857. The van der Waals surface area contributed by atoms with Crippen molar-refractivity contribution < 1.29 is 4.79 Å². The van der Waals surface area contributed by atoms with Crippen LogP contribution in [0, 0.1) is 0 Å². The van der Waals surface area contributed by atoms with Crippen molar-refractivity contribution in [3.05, 3.63) is 0 Å². The quantitative estimate of drug-likeness (QED) is 0.608. The summed E-state index contributed by atoms with van der Waals surface area (Å²) in [7, 11) is 3.91. The van der Waals surface area contributed by atoms with E-state index >= 15 is 0 Å². The molecule has 2 amide bonds. The first-order valence-corrected chi connectivity index (χ1v) is 4.42. The van der Waals surface area contributed by atoms with E-state index in [9.17, 15) is 4.79 Å². The molecule has 0 heterocycles. The van der Waals surface area contributed by atoms with E-state index < -0.39 is 0 Å². The van der Waals surface area contributed by atoms with Crippen molar-refractivity contribution in [2.24, 2.45) is 0 Å². The van der Waals surface area contributed by atoms with Crippen molar-refractivity contribution in [3.63, 3.8) is 0 Å². The molecule has 0 saturated heterocycles. The van der Waals surface area contributed by atoms with Crippen LogP contribution < -0.4 is 10.6 Å². The van der Waals surface area contributed by atoms with Crippen molar-refractivity contribution in [1.29, 1.82) is 0 Å². The van der Waals surface area contributed by atoms with Gasteiger partial charge >= 0.3 is 6.03 Å². The molecule has 72 valence electrons. The van der Waals surface area contributed by atoms with Gasteiger partial charge in [0.1, 0.15) is 0 Å². The van der Waals surface area contributed by atoms with Gasteiger partial charge in [0, 0.05) is 25.5 Å². The topological polar surface area (TPSA) is 44.4 Å². The Labute approximate surface area is 78.3 Å². The molecule has 5 heteroatoms. The molecular weight excluding hydrogens is 178 g/mol. The second kappa shape index (κ2) is 7.18. The standard InChI is InChI=1S/C7H16ClN3O/c1-11(2)6-5-10-7(12)9-4-3-8/h3-6H2,1-2H3,(H2,9,10,12). The molecule has 0 aromatic heterocycles. The fourth-order valence-electron chi connectivity index (χ4n) is 0.616. The number of urea groups is 1. The van der Waals surface area contributed by atoms with Crippen LogP contribution in [-0.4, -0.2) is 50.5 Å². The molecule has 0 aromatic carbocycles. The fourth-order valence-corrected chi connectivity index (χ4v) is 0.711. The summed E-state index contributed by atoms with van der Waals surface area (Å²) < 4.78 is 0. The summed E-state index contributed by atoms with van der Waals surface area (Å²) >= 11 is 5.38. The maximum atomic E-state index is 10.9. The van der Waals surface area contributed by atoms with Crippen LogP contribution in [0.15, 0.2) is 0 Å². The van der Waals surface area contributed by atoms with Crippen LogP contribution in [0.1, 0.15) is 0 Å². The van der Waals surface area contributed by atoms with Crippen LogP contribution in [0.2, 0.25) is 0 Å². The molecule has 2 N–H and O–H groups in total. The molecule has 0 unspecified atom stereocenters. The average molecular weight is 194 g/mol. The predicted octanol–water partition coefficient (Wildman–Crippen LogP) is 0.0860. The lowest BCUT2D eigenvalue weighted by Gasteiger charge is -2.10. The summed E-state index contributed by atoms with van der Waals surface area (Å²) in [5.41, 5.74) is 0. The smallest absolute Gasteiger partial charge is 0.314 e. The van der Waals surface area contributed by atoms with Gasteiger partial charge in [0.2, 0.25) is 0 Å². The molecular formula is C7H16ClN3O. The number of hydrogen-bond acceptors (Lipinski definition) is 2. The van der Waals surface area contributed by atoms with E-state index in [1.54, 1.807) is 0 Å². The number of nitrogens with one attached hydrogen (secondary N) is 2. The first-order valence-electron chi connectivity index (χ1n) is 3.89. The van der Waals surface area contributed by atoms with Crippen LogP contribution in [0.25, 0.3) is 0 Å². The maximum absolute atomic E-state index is 10.9. The largest absolute Gasteiger partial charge is 0.337 e. The molecule has 0 aliphatic carbocycles. The minimum absolute atomic E-state index is 0.155. The number of alkyl halides is 1. The minimum atomic E-state index is -0.155. The second-order valence-electron chi connectivity index (χ2n) is 2.67. The van der Waals surface area contributed by atoms with Gasteiger partial charge in [-0.2, -0.15) is 0 Å². The summed E-state index contributed by atoms with van der Waals surface area (Å²) in [4.78, 5) is 12.9. The van der Waals surface area contributed by atoms with E-state index in [-0.39, 0.29) is 6.03 Å². The van der Waals surface area contributed by atoms with Crippen LogP contribution in [-0.2, 0) is 0 Å². The van der Waals surface area contributed by atoms with E-state index in [0.29, 0.717) is 19.0 Å². The third kappa shape index (κ3) is 7.63. The molecule has 0 aliphatic heterocycles. The highest BCUT2D eigenvalue weighted by molar-refractivity contribution is 6.18. The van der Waals surface area contributed by atoms with Crippen molar-refractivity contribution >= 4 is 17.6 Å². The Morgan fingerprint density at radius 1 is 1.33 bits per heavy atom. The van der Waals surface area contributed by atoms with Gasteiger partial charge < -0.3 is 15.5 Å². The highest BCUT2D eigenvalue weighted by Gasteiger charge is 1.97. The molecule has 12 heavy (non-hydrogen) atoms. The lowest BCUT2D eigenvalue weighted by molar-refractivity contribution is 0.240. The van der Waals surface area contributed by atoms with Crippen LogP contribution in [0.3, 0.4) is 0 Å². The number of rotatable bonds is 5. The molecule has 0 atom stereocenters. The Kier molecular flexibility index (Phi) is 6.90. The molecule has 0 fully saturated rings. The summed E-state index contributed by atoms with van der Waals surface area (Å²) in [6, 6.07) is -0.155. The number of hydrogen-bond donors (Lipinski definition) is 2. The van der Waals surface area contributed by atoms with Gasteiger partial charge in [-0.3, -0.25) is 0 Å².